The van der Waals surface area contributed by atoms with Crippen molar-refractivity contribution >= 4 is 11.6 Å². The summed E-state index contributed by atoms with van der Waals surface area (Å²) in [6.45, 7) is 6.30. The molecule has 0 aliphatic carbocycles. The van der Waals surface area contributed by atoms with Gasteiger partial charge < -0.3 is 15.8 Å². The second kappa shape index (κ2) is 6.98. The average Bonchev–Trinajstić information content (AvgIpc) is 2.47. The van der Waals surface area contributed by atoms with Gasteiger partial charge in [0.2, 0.25) is 0 Å². The Morgan fingerprint density at radius 3 is 2.64 bits per heavy atom. The Kier molecular flexibility index (Phi) is 5.04. The van der Waals surface area contributed by atoms with Gasteiger partial charge in [-0.25, -0.2) is 0 Å². The molecule has 2 aromatic rings. The van der Waals surface area contributed by atoms with Crippen LogP contribution >= 0.6 is 0 Å². The van der Waals surface area contributed by atoms with Crippen LogP contribution in [0.1, 0.15) is 35.3 Å². The molecule has 0 saturated carbocycles. The molecule has 0 atom stereocenters. The van der Waals surface area contributed by atoms with Gasteiger partial charge in [-0.3, -0.25) is 4.79 Å². The third-order valence-electron chi connectivity index (χ3n) is 3.34. The Labute approximate surface area is 131 Å². The van der Waals surface area contributed by atoms with E-state index in [-0.39, 0.29) is 11.9 Å². The maximum Gasteiger partial charge on any atom is 0.251 e. The quantitative estimate of drug-likeness (QED) is 0.832. The Bertz CT molecular complexity index is 666. The second-order valence-corrected chi connectivity index (χ2v) is 5.60. The average molecular weight is 298 g/mol. The highest BCUT2D eigenvalue weighted by Crippen LogP contribution is 2.24. The molecule has 4 heteroatoms. The zero-order chi connectivity index (χ0) is 16.1. The van der Waals surface area contributed by atoms with E-state index in [9.17, 15) is 4.79 Å². The van der Waals surface area contributed by atoms with Gasteiger partial charge in [-0.2, -0.15) is 0 Å². The van der Waals surface area contributed by atoms with E-state index in [2.05, 4.69) is 5.32 Å². The molecule has 0 aromatic heterocycles. The van der Waals surface area contributed by atoms with Crippen molar-refractivity contribution in [2.75, 3.05) is 5.73 Å². The van der Waals surface area contributed by atoms with Crippen molar-refractivity contribution in [1.82, 2.24) is 5.32 Å². The van der Waals surface area contributed by atoms with Crippen LogP contribution in [-0.2, 0) is 6.61 Å². The number of hydrogen-bond acceptors (Lipinski definition) is 3. The smallest absolute Gasteiger partial charge is 0.251 e. The lowest BCUT2D eigenvalue weighted by atomic mass is 10.1. The minimum absolute atomic E-state index is 0.0846. The Morgan fingerprint density at radius 2 is 1.95 bits per heavy atom. The molecule has 0 saturated heterocycles. The van der Waals surface area contributed by atoms with Crippen molar-refractivity contribution in [2.24, 2.45) is 0 Å². The fraction of sp³-hybridized carbons (Fsp3) is 0.278. The highest BCUT2D eigenvalue weighted by Gasteiger charge is 2.10. The maximum atomic E-state index is 12.0. The Balaban J connectivity index is 2.14. The summed E-state index contributed by atoms with van der Waals surface area (Å²) >= 11 is 0. The summed E-state index contributed by atoms with van der Waals surface area (Å²) < 4.78 is 5.79. The number of hydrogen-bond donors (Lipinski definition) is 2. The first-order valence-corrected chi connectivity index (χ1v) is 7.35. The summed E-state index contributed by atoms with van der Waals surface area (Å²) in [6.07, 6.45) is 0. The lowest BCUT2D eigenvalue weighted by Gasteiger charge is -2.13. The molecule has 0 heterocycles. The van der Waals surface area contributed by atoms with Gasteiger partial charge >= 0.3 is 0 Å². The van der Waals surface area contributed by atoms with Gasteiger partial charge in [0, 0.05) is 11.6 Å². The number of benzene rings is 2. The van der Waals surface area contributed by atoms with Crippen LogP contribution in [-0.4, -0.2) is 11.9 Å². The van der Waals surface area contributed by atoms with Crippen molar-refractivity contribution in [1.29, 1.82) is 0 Å². The van der Waals surface area contributed by atoms with Crippen molar-refractivity contribution in [3.63, 3.8) is 0 Å². The minimum Gasteiger partial charge on any atom is -0.487 e. The first-order valence-electron chi connectivity index (χ1n) is 7.35. The molecule has 4 nitrogen and oxygen atoms in total. The molecule has 0 bridgehead atoms. The third-order valence-corrected chi connectivity index (χ3v) is 3.34. The topological polar surface area (TPSA) is 64.3 Å². The van der Waals surface area contributed by atoms with Crippen LogP contribution in [0, 0.1) is 6.92 Å². The molecule has 0 unspecified atom stereocenters. The van der Waals surface area contributed by atoms with Crippen LogP contribution in [0.25, 0.3) is 0 Å². The Hall–Kier alpha value is -2.49. The standard InChI is InChI=1S/C18H22N2O2/c1-12(2)20-18(21)14-8-9-16(19)17(10-14)22-11-15-7-5-4-6-13(15)3/h4-10,12H,11,19H2,1-3H3,(H,20,21). The van der Waals surface area contributed by atoms with E-state index >= 15 is 0 Å². The molecule has 0 fully saturated rings. The van der Waals surface area contributed by atoms with Crippen LogP contribution in [0.2, 0.25) is 0 Å². The number of aryl methyl sites for hydroxylation is 1. The van der Waals surface area contributed by atoms with Gasteiger partial charge in [0.15, 0.2) is 0 Å². The lowest BCUT2D eigenvalue weighted by molar-refractivity contribution is 0.0942. The number of carbonyl (C=O) groups excluding carboxylic acids is 1. The lowest BCUT2D eigenvalue weighted by Crippen LogP contribution is -2.30. The maximum absolute atomic E-state index is 12.0. The number of carbonyl (C=O) groups is 1. The molecule has 1 amide bonds. The SMILES string of the molecule is Cc1ccccc1COc1cc(C(=O)NC(C)C)ccc1N. The third kappa shape index (κ3) is 4.01. The molecular formula is C18H22N2O2. The normalized spacial score (nSPS) is 10.5. The van der Waals surface area contributed by atoms with Gasteiger partial charge in [0.25, 0.3) is 5.91 Å². The van der Waals surface area contributed by atoms with E-state index in [0.717, 1.165) is 11.1 Å². The van der Waals surface area contributed by atoms with Gasteiger partial charge in [0.05, 0.1) is 5.69 Å². The highest BCUT2D eigenvalue weighted by molar-refractivity contribution is 5.95. The summed E-state index contributed by atoms with van der Waals surface area (Å²) in [5.41, 5.74) is 9.26. The van der Waals surface area contributed by atoms with Crippen LogP contribution in [0.5, 0.6) is 5.75 Å². The number of anilines is 1. The fourth-order valence-electron chi connectivity index (χ4n) is 2.07. The van der Waals surface area contributed by atoms with E-state index in [0.29, 0.717) is 23.6 Å². The fourth-order valence-corrected chi connectivity index (χ4v) is 2.07. The number of amides is 1. The Morgan fingerprint density at radius 1 is 1.23 bits per heavy atom. The van der Waals surface area contributed by atoms with Crippen LogP contribution in [0.15, 0.2) is 42.5 Å². The van der Waals surface area contributed by atoms with E-state index < -0.39 is 0 Å². The molecule has 22 heavy (non-hydrogen) atoms. The van der Waals surface area contributed by atoms with Crippen LogP contribution in [0.4, 0.5) is 5.69 Å². The summed E-state index contributed by atoms with van der Waals surface area (Å²) in [5, 5.41) is 2.85. The van der Waals surface area contributed by atoms with E-state index in [1.807, 2.05) is 45.0 Å². The molecule has 2 rings (SSSR count). The van der Waals surface area contributed by atoms with Crippen molar-refractivity contribution in [3.8, 4) is 5.75 Å². The molecule has 116 valence electrons. The summed E-state index contributed by atoms with van der Waals surface area (Å²) in [6, 6.07) is 13.2. The number of rotatable bonds is 5. The van der Waals surface area contributed by atoms with Gasteiger partial charge in [0.1, 0.15) is 12.4 Å². The monoisotopic (exact) mass is 298 g/mol. The first kappa shape index (κ1) is 15.9. The zero-order valence-electron chi connectivity index (χ0n) is 13.2. The highest BCUT2D eigenvalue weighted by atomic mass is 16.5. The zero-order valence-corrected chi connectivity index (χ0v) is 13.2. The van der Waals surface area contributed by atoms with Gasteiger partial charge in [-0.15, -0.1) is 0 Å². The molecule has 3 N–H and O–H groups in total. The summed E-state index contributed by atoms with van der Waals surface area (Å²) in [4.78, 5) is 12.0. The molecule has 0 spiro atoms. The number of ether oxygens (including phenoxy) is 1. The van der Waals surface area contributed by atoms with Crippen molar-refractivity contribution in [2.45, 2.75) is 33.4 Å². The van der Waals surface area contributed by atoms with Crippen molar-refractivity contribution in [3.05, 3.63) is 59.2 Å². The molecule has 0 aliphatic rings. The first-order chi connectivity index (χ1) is 10.5. The summed E-state index contributed by atoms with van der Waals surface area (Å²) in [5.74, 6) is 0.399. The minimum atomic E-state index is -0.129. The van der Waals surface area contributed by atoms with E-state index in [1.165, 1.54) is 0 Å². The molecule has 0 aliphatic heterocycles. The largest absolute Gasteiger partial charge is 0.487 e. The van der Waals surface area contributed by atoms with Gasteiger partial charge in [-0.1, -0.05) is 24.3 Å². The number of nitrogens with two attached hydrogens (primary N) is 1. The van der Waals surface area contributed by atoms with Crippen LogP contribution < -0.4 is 15.8 Å². The molecule has 0 radical (unpaired) electrons. The molecular weight excluding hydrogens is 276 g/mol. The van der Waals surface area contributed by atoms with E-state index in [4.69, 9.17) is 10.5 Å². The second-order valence-electron chi connectivity index (χ2n) is 5.60. The van der Waals surface area contributed by atoms with Gasteiger partial charge in [-0.05, 0) is 50.1 Å². The number of nitrogen functional groups attached to an aromatic ring is 1. The predicted octanol–water partition coefficient (Wildman–Crippen LogP) is 3.29. The predicted molar refractivity (Wildman–Crippen MR) is 89.0 cm³/mol. The van der Waals surface area contributed by atoms with E-state index in [1.54, 1.807) is 18.2 Å². The molecule has 2 aromatic carbocycles. The summed E-state index contributed by atoms with van der Waals surface area (Å²) in [7, 11) is 0. The van der Waals surface area contributed by atoms with Crippen LogP contribution in [0.3, 0.4) is 0 Å². The number of nitrogens with one attached hydrogen (secondary N) is 1. The van der Waals surface area contributed by atoms with Crippen molar-refractivity contribution < 1.29 is 9.53 Å².